The average molecular weight is 307 g/mol. The SMILES string of the molecule is CSc1nc(NN)cc(NC2CCCc3sccc32)n1. The van der Waals surface area contributed by atoms with Crippen molar-refractivity contribution < 1.29 is 0 Å². The molecule has 0 amide bonds. The standard InChI is InChI=1S/C13H17N5S2/c1-19-13-16-11(7-12(17-13)18-14)15-9-3-2-4-10-8(9)5-6-20-10/h5-7,9H,2-4,14H2,1H3,(H2,15,16,17,18). The zero-order valence-corrected chi connectivity index (χ0v) is 12.9. The van der Waals surface area contributed by atoms with Crippen molar-refractivity contribution in [3.8, 4) is 0 Å². The third-order valence-corrected chi connectivity index (χ3v) is 4.95. The first-order chi connectivity index (χ1) is 9.80. The van der Waals surface area contributed by atoms with E-state index in [1.54, 1.807) is 0 Å². The molecule has 106 valence electrons. The fraction of sp³-hybridized carbons (Fsp3) is 0.385. The number of thioether (sulfide) groups is 1. The summed E-state index contributed by atoms with van der Waals surface area (Å²) in [7, 11) is 0. The molecule has 1 aliphatic carbocycles. The lowest BCUT2D eigenvalue weighted by Crippen LogP contribution is -2.17. The monoisotopic (exact) mass is 307 g/mol. The van der Waals surface area contributed by atoms with Gasteiger partial charge in [0.2, 0.25) is 0 Å². The number of thiophene rings is 1. The molecule has 2 aromatic heterocycles. The molecule has 20 heavy (non-hydrogen) atoms. The highest BCUT2D eigenvalue weighted by Crippen LogP contribution is 2.35. The highest BCUT2D eigenvalue weighted by atomic mass is 32.2. The number of nitrogens with zero attached hydrogens (tertiary/aromatic N) is 2. The minimum Gasteiger partial charge on any atom is -0.363 e. The number of aryl methyl sites for hydroxylation is 1. The van der Waals surface area contributed by atoms with E-state index in [1.807, 2.05) is 23.7 Å². The van der Waals surface area contributed by atoms with Gasteiger partial charge in [-0.25, -0.2) is 15.8 Å². The summed E-state index contributed by atoms with van der Waals surface area (Å²) in [5.41, 5.74) is 4.00. The lowest BCUT2D eigenvalue weighted by molar-refractivity contribution is 0.606. The van der Waals surface area contributed by atoms with Gasteiger partial charge in [-0.05, 0) is 42.5 Å². The van der Waals surface area contributed by atoms with E-state index in [0.717, 1.165) is 12.2 Å². The van der Waals surface area contributed by atoms with Gasteiger partial charge in [-0.2, -0.15) is 0 Å². The molecule has 1 atom stereocenters. The Morgan fingerprint density at radius 2 is 2.25 bits per heavy atom. The Hall–Kier alpha value is -1.31. The van der Waals surface area contributed by atoms with Crippen LogP contribution in [0.2, 0.25) is 0 Å². The predicted molar refractivity (Wildman–Crippen MR) is 85.2 cm³/mol. The van der Waals surface area contributed by atoms with Crippen molar-refractivity contribution in [2.24, 2.45) is 5.84 Å². The Morgan fingerprint density at radius 1 is 1.40 bits per heavy atom. The fourth-order valence-corrected chi connectivity index (χ4v) is 3.85. The van der Waals surface area contributed by atoms with Gasteiger partial charge in [-0.1, -0.05) is 11.8 Å². The molecule has 0 saturated carbocycles. The smallest absolute Gasteiger partial charge is 0.191 e. The Balaban J connectivity index is 1.85. The molecule has 1 aliphatic rings. The van der Waals surface area contributed by atoms with Gasteiger partial charge in [0, 0.05) is 10.9 Å². The van der Waals surface area contributed by atoms with Crippen LogP contribution in [0.15, 0.2) is 22.7 Å². The van der Waals surface area contributed by atoms with E-state index >= 15 is 0 Å². The minimum absolute atomic E-state index is 0.334. The van der Waals surface area contributed by atoms with Crippen LogP contribution in [0.3, 0.4) is 0 Å². The van der Waals surface area contributed by atoms with Gasteiger partial charge < -0.3 is 10.7 Å². The molecule has 3 rings (SSSR count). The zero-order chi connectivity index (χ0) is 13.9. The number of hydrogen-bond donors (Lipinski definition) is 3. The lowest BCUT2D eigenvalue weighted by atomic mass is 9.94. The third-order valence-electron chi connectivity index (χ3n) is 3.41. The number of nitrogens with one attached hydrogen (secondary N) is 2. The van der Waals surface area contributed by atoms with E-state index in [9.17, 15) is 0 Å². The molecule has 2 heterocycles. The van der Waals surface area contributed by atoms with Crippen LogP contribution >= 0.6 is 23.1 Å². The molecule has 0 aromatic carbocycles. The van der Waals surface area contributed by atoms with Crippen LogP contribution in [-0.4, -0.2) is 16.2 Å². The molecular weight excluding hydrogens is 290 g/mol. The molecule has 0 saturated heterocycles. The highest BCUT2D eigenvalue weighted by Gasteiger charge is 2.21. The summed E-state index contributed by atoms with van der Waals surface area (Å²) in [6, 6.07) is 4.40. The van der Waals surface area contributed by atoms with Crippen LogP contribution < -0.4 is 16.6 Å². The topological polar surface area (TPSA) is 75.9 Å². The van der Waals surface area contributed by atoms with E-state index in [2.05, 4.69) is 32.2 Å². The first kappa shape index (κ1) is 13.7. The van der Waals surface area contributed by atoms with Crippen molar-refractivity contribution in [1.29, 1.82) is 0 Å². The van der Waals surface area contributed by atoms with E-state index in [-0.39, 0.29) is 0 Å². The number of anilines is 2. The molecular formula is C13H17N5S2. The Morgan fingerprint density at radius 3 is 3.05 bits per heavy atom. The largest absolute Gasteiger partial charge is 0.363 e. The van der Waals surface area contributed by atoms with Gasteiger partial charge in [0.1, 0.15) is 11.6 Å². The Kier molecular flexibility index (Phi) is 4.09. The lowest BCUT2D eigenvalue weighted by Gasteiger charge is -2.24. The van der Waals surface area contributed by atoms with Crippen molar-refractivity contribution >= 4 is 34.7 Å². The van der Waals surface area contributed by atoms with E-state index in [1.165, 1.54) is 35.0 Å². The zero-order valence-electron chi connectivity index (χ0n) is 11.2. The van der Waals surface area contributed by atoms with Gasteiger partial charge in [0.15, 0.2) is 5.16 Å². The maximum Gasteiger partial charge on any atom is 0.191 e. The van der Waals surface area contributed by atoms with E-state index in [0.29, 0.717) is 17.0 Å². The summed E-state index contributed by atoms with van der Waals surface area (Å²) in [6.07, 6.45) is 5.50. The summed E-state index contributed by atoms with van der Waals surface area (Å²) < 4.78 is 0. The average Bonchev–Trinajstić information content (AvgIpc) is 2.96. The summed E-state index contributed by atoms with van der Waals surface area (Å²) in [5.74, 6) is 6.91. The first-order valence-corrected chi connectivity index (χ1v) is 8.63. The Bertz CT molecular complexity index is 576. The quantitative estimate of drug-likeness (QED) is 0.349. The number of aromatic nitrogens is 2. The number of hydrazine groups is 1. The van der Waals surface area contributed by atoms with Crippen molar-refractivity contribution in [2.45, 2.75) is 30.5 Å². The summed E-state index contributed by atoms with van der Waals surface area (Å²) in [6.45, 7) is 0. The van der Waals surface area contributed by atoms with Crippen molar-refractivity contribution in [2.75, 3.05) is 17.0 Å². The molecule has 7 heteroatoms. The van der Waals surface area contributed by atoms with Gasteiger partial charge >= 0.3 is 0 Å². The molecule has 2 aromatic rings. The van der Waals surface area contributed by atoms with Crippen LogP contribution in [0.5, 0.6) is 0 Å². The van der Waals surface area contributed by atoms with Gasteiger partial charge in [0.05, 0.1) is 6.04 Å². The highest BCUT2D eigenvalue weighted by molar-refractivity contribution is 7.98. The second-order valence-corrected chi connectivity index (χ2v) is 6.43. The Labute approximate surface area is 126 Å². The van der Waals surface area contributed by atoms with Gasteiger partial charge in [-0.15, -0.1) is 11.3 Å². The summed E-state index contributed by atoms with van der Waals surface area (Å²) in [5, 5.41) is 6.40. The first-order valence-electron chi connectivity index (χ1n) is 6.52. The van der Waals surface area contributed by atoms with Crippen molar-refractivity contribution in [3.63, 3.8) is 0 Å². The summed E-state index contributed by atoms with van der Waals surface area (Å²) >= 11 is 3.35. The van der Waals surface area contributed by atoms with Crippen LogP contribution in [-0.2, 0) is 6.42 Å². The molecule has 4 N–H and O–H groups in total. The fourth-order valence-electron chi connectivity index (χ4n) is 2.48. The number of nitrogens with two attached hydrogens (primary N) is 1. The van der Waals surface area contributed by atoms with Crippen molar-refractivity contribution in [1.82, 2.24) is 9.97 Å². The number of nitrogen functional groups attached to an aromatic ring is 1. The second-order valence-electron chi connectivity index (χ2n) is 4.66. The maximum atomic E-state index is 5.46. The summed E-state index contributed by atoms with van der Waals surface area (Å²) in [4.78, 5) is 10.3. The number of rotatable bonds is 4. The molecule has 5 nitrogen and oxygen atoms in total. The molecule has 0 fully saturated rings. The van der Waals surface area contributed by atoms with Crippen LogP contribution in [0.1, 0.15) is 29.3 Å². The second kappa shape index (κ2) is 5.99. The normalized spacial score (nSPS) is 17.6. The molecule has 0 spiro atoms. The number of fused-ring (bicyclic) bond motifs is 1. The molecule has 1 unspecified atom stereocenters. The van der Waals surface area contributed by atoms with Crippen LogP contribution in [0.25, 0.3) is 0 Å². The third kappa shape index (κ3) is 2.74. The number of hydrogen-bond acceptors (Lipinski definition) is 7. The van der Waals surface area contributed by atoms with Crippen LogP contribution in [0, 0.1) is 0 Å². The van der Waals surface area contributed by atoms with Crippen LogP contribution in [0.4, 0.5) is 11.6 Å². The van der Waals surface area contributed by atoms with Crippen molar-refractivity contribution in [3.05, 3.63) is 28.0 Å². The molecule has 0 aliphatic heterocycles. The van der Waals surface area contributed by atoms with E-state index < -0.39 is 0 Å². The van der Waals surface area contributed by atoms with E-state index in [4.69, 9.17) is 5.84 Å². The maximum absolute atomic E-state index is 5.46. The van der Waals surface area contributed by atoms with Gasteiger partial charge in [0.25, 0.3) is 0 Å². The molecule has 0 bridgehead atoms. The minimum atomic E-state index is 0.334. The molecule has 0 radical (unpaired) electrons. The predicted octanol–water partition coefficient (Wildman–Crippen LogP) is 3.04. The van der Waals surface area contributed by atoms with Gasteiger partial charge in [-0.3, -0.25) is 0 Å².